The maximum Gasteiger partial charge on any atom is 0.253 e. The number of carbonyl (C=O) groups excluding carboxylic acids is 1. The fourth-order valence-electron chi connectivity index (χ4n) is 2.56. The van der Waals surface area contributed by atoms with Crippen molar-refractivity contribution in [3.8, 4) is 0 Å². The quantitative estimate of drug-likeness (QED) is 0.302. The third-order valence-corrected chi connectivity index (χ3v) is 5.62. The molecule has 11 heteroatoms. The van der Waals surface area contributed by atoms with Gasteiger partial charge in [0.05, 0.1) is 44.0 Å². The number of nitrogens with one attached hydrogen (secondary N) is 1. The van der Waals surface area contributed by atoms with E-state index in [1.54, 1.807) is 25.7 Å². The molecule has 0 bridgehead atoms. The second-order valence-electron chi connectivity index (χ2n) is 6.35. The zero-order valence-corrected chi connectivity index (χ0v) is 19.2. The Kier molecular flexibility index (Phi) is 12.8. The average Bonchev–Trinajstić information content (AvgIpc) is 2.70. The van der Waals surface area contributed by atoms with Crippen LogP contribution in [-0.4, -0.2) is 78.3 Å². The van der Waals surface area contributed by atoms with Gasteiger partial charge in [0, 0.05) is 19.3 Å². The number of hydrogen-bond acceptors (Lipinski definition) is 6. The van der Waals surface area contributed by atoms with Crippen molar-refractivity contribution in [2.75, 3.05) is 53.1 Å². The summed E-state index contributed by atoms with van der Waals surface area (Å²) in [6.45, 7) is 0.891. The molecule has 0 heterocycles. The first-order valence-corrected chi connectivity index (χ1v) is 11.9. The van der Waals surface area contributed by atoms with Crippen LogP contribution in [0.5, 0.6) is 0 Å². The van der Waals surface area contributed by atoms with Gasteiger partial charge in [-0.15, -0.1) is 0 Å². The van der Waals surface area contributed by atoms with Crippen molar-refractivity contribution in [2.45, 2.75) is 21.7 Å². The van der Waals surface area contributed by atoms with Crippen LogP contribution >= 0.6 is 23.2 Å². The first-order chi connectivity index (χ1) is 14.2. The number of carbonyl (C=O) groups is 1. The van der Waals surface area contributed by atoms with Crippen molar-refractivity contribution < 1.29 is 31.8 Å². The third kappa shape index (κ3) is 9.89. The van der Waals surface area contributed by atoms with E-state index >= 15 is 0 Å². The molecular weight excluding hydrogens is 460 g/mol. The number of rotatable bonds is 15. The summed E-state index contributed by atoms with van der Waals surface area (Å²) in [5.41, 5.74) is 0.603. The smallest absolute Gasteiger partial charge is 0.253 e. The van der Waals surface area contributed by atoms with E-state index in [1.165, 1.54) is 12.1 Å². The van der Waals surface area contributed by atoms with Crippen LogP contribution in [0.15, 0.2) is 29.2 Å². The van der Waals surface area contributed by atoms with Crippen molar-refractivity contribution in [3.63, 3.8) is 0 Å². The summed E-state index contributed by atoms with van der Waals surface area (Å²) in [5.74, 6) is -1.33. The molecular formula is C19H27Cl2FNO6S. The van der Waals surface area contributed by atoms with Crippen molar-refractivity contribution in [1.29, 1.82) is 0 Å². The number of amides is 1. The minimum absolute atomic E-state index is 0.136. The minimum atomic E-state index is -3.37. The standard InChI is InChI=1S/C19H27Cl2FNO6S/c1-27-9-10-29-12-11-28-8-7-16(17(13-22)23-19(24)18(20)21)14-3-5-15(6-4-14)30(2,25)26/h3-7,16-18H,8-13H2,1-2H3,(H,23,24)/t16-,17-/m1/s1. The Labute approximate surface area is 187 Å². The molecule has 2 atom stereocenters. The van der Waals surface area contributed by atoms with Crippen LogP contribution in [0.1, 0.15) is 11.5 Å². The summed E-state index contributed by atoms with van der Waals surface area (Å²) in [6, 6.07) is 5.04. The molecule has 0 aliphatic heterocycles. The molecule has 0 saturated heterocycles. The molecule has 0 aromatic heterocycles. The molecule has 1 radical (unpaired) electrons. The number of sulfone groups is 1. The highest BCUT2D eigenvalue weighted by Crippen LogP contribution is 2.25. The number of benzene rings is 1. The number of methoxy groups -OCH3 is 1. The topological polar surface area (TPSA) is 90.9 Å². The zero-order valence-electron chi connectivity index (χ0n) is 16.9. The van der Waals surface area contributed by atoms with Gasteiger partial charge in [-0.2, -0.15) is 0 Å². The van der Waals surface area contributed by atoms with E-state index in [0.717, 1.165) is 6.26 Å². The maximum atomic E-state index is 13.7. The Hall–Kier alpha value is -0.970. The Bertz CT molecular complexity index is 733. The van der Waals surface area contributed by atoms with E-state index in [0.29, 0.717) is 32.0 Å². The second-order valence-corrected chi connectivity index (χ2v) is 9.46. The number of halogens is 3. The summed E-state index contributed by atoms with van der Waals surface area (Å²) in [4.78, 5) is 10.6. The summed E-state index contributed by atoms with van der Waals surface area (Å²) >= 11 is 11.1. The molecule has 30 heavy (non-hydrogen) atoms. The first-order valence-electron chi connectivity index (χ1n) is 9.13. The van der Waals surface area contributed by atoms with Crippen molar-refractivity contribution in [2.24, 2.45) is 0 Å². The lowest BCUT2D eigenvalue weighted by Gasteiger charge is -2.26. The lowest BCUT2D eigenvalue weighted by atomic mass is 9.89. The van der Waals surface area contributed by atoms with Crippen molar-refractivity contribution in [1.82, 2.24) is 5.32 Å². The molecule has 0 fully saturated rings. The van der Waals surface area contributed by atoms with Crippen LogP contribution in [0.3, 0.4) is 0 Å². The molecule has 171 valence electrons. The zero-order chi connectivity index (χ0) is 22.6. The van der Waals surface area contributed by atoms with Crippen LogP contribution in [0, 0.1) is 6.42 Å². The molecule has 1 rings (SSSR count). The van der Waals surface area contributed by atoms with Gasteiger partial charge in [0.2, 0.25) is 0 Å². The van der Waals surface area contributed by atoms with Gasteiger partial charge >= 0.3 is 0 Å². The number of ether oxygens (including phenoxy) is 3. The Morgan fingerprint density at radius 1 is 1.13 bits per heavy atom. The Morgan fingerprint density at radius 3 is 2.27 bits per heavy atom. The van der Waals surface area contributed by atoms with Gasteiger partial charge < -0.3 is 19.5 Å². The Morgan fingerprint density at radius 2 is 1.73 bits per heavy atom. The van der Waals surface area contributed by atoms with Gasteiger partial charge in [0.15, 0.2) is 14.7 Å². The van der Waals surface area contributed by atoms with E-state index in [4.69, 9.17) is 37.4 Å². The van der Waals surface area contributed by atoms with Gasteiger partial charge in [-0.05, 0) is 24.1 Å². The highest BCUT2D eigenvalue weighted by atomic mass is 35.5. The molecule has 0 spiro atoms. The lowest BCUT2D eigenvalue weighted by Crippen LogP contribution is -2.43. The van der Waals surface area contributed by atoms with Gasteiger partial charge in [-0.3, -0.25) is 4.79 Å². The molecule has 0 aliphatic carbocycles. The molecule has 7 nitrogen and oxygen atoms in total. The van der Waals surface area contributed by atoms with E-state index < -0.39 is 39.2 Å². The van der Waals surface area contributed by atoms with Gasteiger partial charge in [0.25, 0.3) is 5.91 Å². The largest absolute Gasteiger partial charge is 0.382 e. The molecule has 1 aromatic rings. The molecule has 0 aliphatic rings. The van der Waals surface area contributed by atoms with E-state index in [2.05, 4.69) is 5.32 Å². The Balaban J connectivity index is 2.81. The average molecular weight is 487 g/mol. The van der Waals surface area contributed by atoms with E-state index in [1.807, 2.05) is 0 Å². The van der Waals surface area contributed by atoms with Gasteiger partial charge in [0.1, 0.15) is 6.67 Å². The molecule has 0 saturated carbocycles. The predicted octanol–water partition coefficient (Wildman–Crippen LogP) is 2.32. The van der Waals surface area contributed by atoms with Gasteiger partial charge in [-0.1, -0.05) is 35.3 Å². The van der Waals surface area contributed by atoms with Crippen molar-refractivity contribution in [3.05, 3.63) is 36.2 Å². The van der Waals surface area contributed by atoms with Crippen LogP contribution < -0.4 is 5.32 Å². The minimum Gasteiger partial charge on any atom is -0.382 e. The highest BCUT2D eigenvalue weighted by Gasteiger charge is 2.27. The molecule has 1 amide bonds. The normalized spacial score (nSPS) is 13.9. The highest BCUT2D eigenvalue weighted by molar-refractivity contribution is 7.90. The van der Waals surface area contributed by atoms with Crippen molar-refractivity contribution >= 4 is 38.9 Å². The van der Waals surface area contributed by atoms with Crippen LogP contribution in [0.2, 0.25) is 0 Å². The van der Waals surface area contributed by atoms with E-state index in [-0.39, 0.29) is 11.5 Å². The number of alkyl halides is 3. The third-order valence-electron chi connectivity index (χ3n) is 4.09. The van der Waals surface area contributed by atoms with Crippen LogP contribution in [-0.2, 0) is 28.8 Å². The first kappa shape index (κ1) is 27.1. The van der Waals surface area contributed by atoms with Crippen LogP contribution in [0.25, 0.3) is 0 Å². The molecule has 1 aromatic carbocycles. The summed E-state index contributed by atoms with van der Waals surface area (Å²) in [6.07, 6.45) is 2.78. The summed E-state index contributed by atoms with van der Waals surface area (Å²) in [7, 11) is -1.79. The lowest BCUT2D eigenvalue weighted by molar-refractivity contribution is -0.120. The monoisotopic (exact) mass is 486 g/mol. The van der Waals surface area contributed by atoms with Crippen LogP contribution in [0.4, 0.5) is 4.39 Å². The summed E-state index contributed by atoms with van der Waals surface area (Å²) in [5, 5.41) is 2.46. The fourth-order valence-corrected chi connectivity index (χ4v) is 3.31. The van der Waals surface area contributed by atoms with Gasteiger partial charge in [-0.25, -0.2) is 12.8 Å². The number of hydrogen-bond donors (Lipinski definition) is 1. The predicted molar refractivity (Wildman–Crippen MR) is 114 cm³/mol. The second kappa shape index (κ2) is 14.2. The fraction of sp³-hybridized carbons (Fsp3) is 0.579. The SMILES string of the molecule is COCCOCCOC[CH][C@H](c1ccc(S(C)(=O)=O)cc1)[C@@H](CF)NC(=O)C(Cl)Cl. The maximum absolute atomic E-state index is 13.7. The molecule has 1 N–H and O–H groups in total. The summed E-state index contributed by atoms with van der Waals surface area (Å²) < 4.78 is 52.7. The van der Waals surface area contributed by atoms with E-state index in [9.17, 15) is 17.6 Å². The molecule has 0 unspecified atom stereocenters.